The van der Waals surface area contributed by atoms with E-state index in [1.54, 1.807) is 0 Å². The average molecular weight is 290 g/mol. The van der Waals surface area contributed by atoms with Crippen LogP contribution in [0.25, 0.3) is 0 Å². The lowest BCUT2D eigenvalue weighted by Gasteiger charge is -2.22. The van der Waals surface area contributed by atoms with Crippen molar-refractivity contribution in [2.75, 3.05) is 24.3 Å². The van der Waals surface area contributed by atoms with Crippen molar-refractivity contribution >= 4 is 23.1 Å². The minimum Gasteiger partial charge on any atom is -0.373 e. The summed E-state index contributed by atoms with van der Waals surface area (Å²) in [6.07, 6.45) is 0. The van der Waals surface area contributed by atoms with E-state index in [0.717, 1.165) is 11.5 Å². The molecule has 2 rings (SSSR count). The Labute approximate surface area is 125 Å². The molecule has 0 atom stereocenters. The van der Waals surface area contributed by atoms with Crippen LogP contribution in [0, 0.1) is 13.8 Å². The zero-order chi connectivity index (χ0) is 14.7. The largest absolute Gasteiger partial charge is 0.373 e. The highest BCUT2D eigenvalue weighted by Gasteiger charge is 2.10. The molecule has 106 valence electrons. The Morgan fingerprint density at radius 1 is 1.20 bits per heavy atom. The third-order valence-electron chi connectivity index (χ3n) is 3.33. The molecular weight excluding hydrogens is 270 g/mol. The van der Waals surface area contributed by atoms with Crippen LogP contribution in [0.3, 0.4) is 0 Å². The van der Waals surface area contributed by atoms with Gasteiger partial charge in [0.2, 0.25) is 0 Å². The van der Waals surface area contributed by atoms with Crippen LogP contribution in [-0.2, 0) is 6.54 Å². The van der Waals surface area contributed by atoms with E-state index in [2.05, 4.69) is 54.3 Å². The number of rotatable bonds is 4. The van der Waals surface area contributed by atoms with Crippen molar-refractivity contribution in [2.24, 2.45) is 0 Å². The van der Waals surface area contributed by atoms with Gasteiger partial charge in [-0.05, 0) is 37.6 Å². The minimum absolute atomic E-state index is 0.679. The van der Waals surface area contributed by atoms with Crippen molar-refractivity contribution in [1.82, 2.24) is 4.98 Å². The SMILES string of the molecule is CNc1ccc(Cl)c(CN(C)c2ccc(C)cc2C)n1. The fourth-order valence-electron chi connectivity index (χ4n) is 2.28. The Balaban J connectivity index is 2.25. The van der Waals surface area contributed by atoms with E-state index in [-0.39, 0.29) is 0 Å². The minimum atomic E-state index is 0.679. The summed E-state index contributed by atoms with van der Waals surface area (Å²) >= 11 is 6.23. The summed E-state index contributed by atoms with van der Waals surface area (Å²) < 4.78 is 0. The highest BCUT2D eigenvalue weighted by Crippen LogP contribution is 2.24. The number of hydrogen-bond donors (Lipinski definition) is 1. The number of hydrogen-bond acceptors (Lipinski definition) is 3. The number of aromatic nitrogens is 1. The van der Waals surface area contributed by atoms with Crippen LogP contribution >= 0.6 is 11.6 Å². The molecule has 0 saturated heterocycles. The highest BCUT2D eigenvalue weighted by atomic mass is 35.5. The lowest BCUT2D eigenvalue weighted by molar-refractivity contribution is 0.882. The topological polar surface area (TPSA) is 28.2 Å². The third-order valence-corrected chi connectivity index (χ3v) is 3.67. The Morgan fingerprint density at radius 2 is 1.95 bits per heavy atom. The zero-order valence-electron chi connectivity index (χ0n) is 12.4. The first-order valence-electron chi connectivity index (χ1n) is 6.63. The van der Waals surface area contributed by atoms with Crippen LogP contribution in [0.2, 0.25) is 5.02 Å². The second-order valence-corrected chi connectivity index (χ2v) is 5.43. The fraction of sp³-hybridized carbons (Fsp3) is 0.312. The van der Waals surface area contributed by atoms with Crippen LogP contribution in [0.5, 0.6) is 0 Å². The predicted octanol–water partition coefficient (Wildman–Crippen LogP) is 4.03. The van der Waals surface area contributed by atoms with Crippen LogP contribution in [0.4, 0.5) is 11.5 Å². The maximum absolute atomic E-state index is 6.23. The van der Waals surface area contributed by atoms with E-state index in [1.165, 1.54) is 16.8 Å². The van der Waals surface area contributed by atoms with Gasteiger partial charge in [0.25, 0.3) is 0 Å². The summed E-state index contributed by atoms with van der Waals surface area (Å²) in [4.78, 5) is 6.69. The fourth-order valence-corrected chi connectivity index (χ4v) is 2.44. The molecule has 0 spiro atoms. The molecule has 1 aromatic carbocycles. The quantitative estimate of drug-likeness (QED) is 0.921. The van der Waals surface area contributed by atoms with Crippen molar-refractivity contribution in [1.29, 1.82) is 0 Å². The predicted molar refractivity (Wildman–Crippen MR) is 86.8 cm³/mol. The third kappa shape index (κ3) is 3.23. The van der Waals surface area contributed by atoms with Crippen molar-refractivity contribution in [3.63, 3.8) is 0 Å². The normalized spacial score (nSPS) is 10.4. The first kappa shape index (κ1) is 14.7. The van der Waals surface area contributed by atoms with Gasteiger partial charge >= 0.3 is 0 Å². The zero-order valence-corrected chi connectivity index (χ0v) is 13.1. The van der Waals surface area contributed by atoms with Crippen molar-refractivity contribution in [3.05, 3.63) is 52.2 Å². The average Bonchev–Trinajstić information content (AvgIpc) is 2.41. The monoisotopic (exact) mass is 289 g/mol. The van der Waals surface area contributed by atoms with Gasteiger partial charge in [-0.2, -0.15) is 0 Å². The Morgan fingerprint density at radius 3 is 2.60 bits per heavy atom. The molecule has 0 fully saturated rings. The van der Waals surface area contributed by atoms with Crippen LogP contribution in [0.1, 0.15) is 16.8 Å². The molecule has 1 heterocycles. The molecule has 3 nitrogen and oxygen atoms in total. The molecule has 0 aliphatic heterocycles. The summed E-state index contributed by atoms with van der Waals surface area (Å²) in [5.74, 6) is 0.832. The van der Waals surface area contributed by atoms with E-state index in [9.17, 15) is 0 Å². The molecule has 0 radical (unpaired) electrons. The van der Waals surface area contributed by atoms with Crippen molar-refractivity contribution < 1.29 is 0 Å². The Kier molecular flexibility index (Phi) is 4.50. The maximum Gasteiger partial charge on any atom is 0.126 e. The smallest absolute Gasteiger partial charge is 0.126 e. The summed E-state index contributed by atoms with van der Waals surface area (Å²) in [6.45, 7) is 4.90. The first-order chi connectivity index (χ1) is 9.51. The van der Waals surface area contributed by atoms with E-state index in [0.29, 0.717) is 11.6 Å². The van der Waals surface area contributed by atoms with Gasteiger partial charge in [-0.25, -0.2) is 4.98 Å². The lowest BCUT2D eigenvalue weighted by Crippen LogP contribution is -2.18. The molecule has 4 heteroatoms. The van der Waals surface area contributed by atoms with Gasteiger partial charge in [-0.3, -0.25) is 0 Å². The number of pyridine rings is 1. The van der Waals surface area contributed by atoms with Gasteiger partial charge in [-0.1, -0.05) is 29.3 Å². The van der Waals surface area contributed by atoms with Gasteiger partial charge in [0.15, 0.2) is 0 Å². The number of halogens is 1. The summed E-state index contributed by atoms with van der Waals surface area (Å²) in [6, 6.07) is 10.2. The van der Waals surface area contributed by atoms with Crippen LogP contribution in [0.15, 0.2) is 30.3 Å². The highest BCUT2D eigenvalue weighted by molar-refractivity contribution is 6.31. The summed E-state index contributed by atoms with van der Waals surface area (Å²) in [5.41, 5.74) is 4.60. The van der Waals surface area contributed by atoms with Crippen molar-refractivity contribution in [3.8, 4) is 0 Å². The number of anilines is 2. The number of nitrogens with zero attached hydrogens (tertiary/aromatic N) is 2. The molecule has 1 N–H and O–H groups in total. The molecule has 0 amide bonds. The molecule has 0 unspecified atom stereocenters. The van der Waals surface area contributed by atoms with Crippen LogP contribution < -0.4 is 10.2 Å². The number of nitrogens with one attached hydrogen (secondary N) is 1. The van der Waals surface area contributed by atoms with Gasteiger partial charge in [0.05, 0.1) is 17.3 Å². The molecular formula is C16H20ClN3. The van der Waals surface area contributed by atoms with Gasteiger partial charge in [-0.15, -0.1) is 0 Å². The molecule has 0 bridgehead atoms. The van der Waals surface area contributed by atoms with Gasteiger partial charge in [0.1, 0.15) is 5.82 Å². The van der Waals surface area contributed by atoms with Crippen LogP contribution in [-0.4, -0.2) is 19.1 Å². The number of benzene rings is 1. The van der Waals surface area contributed by atoms with Crippen molar-refractivity contribution in [2.45, 2.75) is 20.4 Å². The summed E-state index contributed by atoms with van der Waals surface area (Å²) in [5, 5.41) is 3.73. The summed E-state index contributed by atoms with van der Waals surface area (Å²) in [7, 11) is 3.91. The van der Waals surface area contributed by atoms with Gasteiger partial charge < -0.3 is 10.2 Å². The second-order valence-electron chi connectivity index (χ2n) is 5.02. The van der Waals surface area contributed by atoms with E-state index < -0.39 is 0 Å². The number of aryl methyl sites for hydroxylation is 2. The Hall–Kier alpha value is -1.74. The molecule has 0 aliphatic rings. The first-order valence-corrected chi connectivity index (χ1v) is 7.00. The van der Waals surface area contributed by atoms with E-state index in [1.807, 2.05) is 19.2 Å². The van der Waals surface area contributed by atoms with E-state index >= 15 is 0 Å². The lowest BCUT2D eigenvalue weighted by atomic mass is 10.1. The molecule has 1 aromatic heterocycles. The van der Waals surface area contributed by atoms with Gasteiger partial charge in [0, 0.05) is 19.8 Å². The standard InChI is InChI=1S/C16H20ClN3/c1-11-5-7-15(12(2)9-11)20(4)10-14-13(17)6-8-16(18-3)19-14/h5-9H,10H2,1-4H3,(H,18,19). The molecule has 0 aliphatic carbocycles. The molecule has 0 saturated carbocycles. The maximum atomic E-state index is 6.23. The van der Waals surface area contributed by atoms with E-state index in [4.69, 9.17) is 11.6 Å². The second kappa shape index (κ2) is 6.14. The Bertz CT molecular complexity index is 611. The molecule has 20 heavy (non-hydrogen) atoms. The molecule has 2 aromatic rings.